The minimum Gasteiger partial charge on any atom is -0.484 e. The fourth-order valence-electron chi connectivity index (χ4n) is 2.53. The smallest absolute Gasteiger partial charge is 0.253 e. The molecule has 0 fully saturated rings. The second-order valence-corrected chi connectivity index (χ2v) is 5.21. The summed E-state index contributed by atoms with van der Waals surface area (Å²) in [5.41, 5.74) is 8.41. The molecule has 5 nitrogen and oxygen atoms in total. The predicted octanol–water partition coefficient (Wildman–Crippen LogP) is 2.55. The summed E-state index contributed by atoms with van der Waals surface area (Å²) in [4.78, 5) is 0. The Hall–Kier alpha value is -1.88. The number of aromatic nitrogens is 2. The van der Waals surface area contributed by atoms with Crippen molar-refractivity contribution in [3.63, 3.8) is 0 Å². The Morgan fingerprint density at radius 2 is 2.15 bits per heavy atom. The molecule has 1 aliphatic carbocycles. The van der Waals surface area contributed by atoms with Crippen molar-refractivity contribution in [3.8, 4) is 5.75 Å². The molecule has 1 aromatic carbocycles. The first-order valence-electron chi connectivity index (χ1n) is 7.05. The Balaban J connectivity index is 1.71. The van der Waals surface area contributed by atoms with Crippen molar-refractivity contribution in [2.45, 2.75) is 45.3 Å². The fourth-order valence-corrected chi connectivity index (χ4v) is 2.53. The highest BCUT2D eigenvalue weighted by atomic mass is 16.5. The monoisotopic (exact) mass is 273 g/mol. The van der Waals surface area contributed by atoms with E-state index in [4.69, 9.17) is 14.9 Å². The molecule has 20 heavy (non-hydrogen) atoms. The van der Waals surface area contributed by atoms with E-state index in [0.717, 1.165) is 18.6 Å². The highest BCUT2D eigenvalue weighted by molar-refractivity contribution is 5.41. The van der Waals surface area contributed by atoms with E-state index in [-0.39, 0.29) is 12.6 Å². The molecule has 0 radical (unpaired) electrons. The Labute approximate surface area is 118 Å². The van der Waals surface area contributed by atoms with Crippen LogP contribution < -0.4 is 10.5 Å². The summed E-state index contributed by atoms with van der Waals surface area (Å²) in [6, 6.07) is 5.98. The third-order valence-electron chi connectivity index (χ3n) is 3.58. The zero-order valence-corrected chi connectivity index (χ0v) is 11.6. The maximum absolute atomic E-state index is 5.85. The van der Waals surface area contributed by atoms with Gasteiger partial charge in [0.1, 0.15) is 5.75 Å². The molecule has 5 heteroatoms. The Morgan fingerprint density at radius 3 is 2.95 bits per heavy atom. The zero-order chi connectivity index (χ0) is 13.9. The van der Waals surface area contributed by atoms with Gasteiger partial charge < -0.3 is 14.9 Å². The molecule has 1 unspecified atom stereocenters. The van der Waals surface area contributed by atoms with E-state index in [0.29, 0.717) is 11.8 Å². The van der Waals surface area contributed by atoms with Crippen LogP contribution in [0.4, 0.5) is 0 Å². The van der Waals surface area contributed by atoms with Crippen LogP contribution in [0.25, 0.3) is 0 Å². The summed E-state index contributed by atoms with van der Waals surface area (Å²) in [5.74, 6) is 1.84. The van der Waals surface area contributed by atoms with E-state index in [1.807, 2.05) is 19.1 Å². The van der Waals surface area contributed by atoms with E-state index in [9.17, 15) is 0 Å². The Bertz CT molecular complexity index is 593. The van der Waals surface area contributed by atoms with Gasteiger partial charge in [0.25, 0.3) is 5.89 Å². The largest absolute Gasteiger partial charge is 0.484 e. The van der Waals surface area contributed by atoms with Gasteiger partial charge in [-0.2, -0.15) is 0 Å². The van der Waals surface area contributed by atoms with Gasteiger partial charge in [0.2, 0.25) is 5.89 Å². The van der Waals surface area contributed by atoms with Gasteiger partial charge >= 0.3 is 0 Å². The molecule has 0 spiro atoms. The number of fused-ring (bicyclic) bond motifs is 1. The lowest BCUT2D eigenvalue weighted by molar-refractivity contribution is 0.254. The van der Waals surface area contributed by atoms with Crippen LogP contribution in [0.2, 0.25) is 0 Å². The molecule has 2 aromatic rings. The van der Waals surface area contributed by atoms with Crippen molar-refractivity contribution in [3.05, 3.63) is 41.1 Å². The summed E-state index contributed by atoms with van der Waals surface area (Å²) in [6.45, 7) is 2.10. The second-order valence-electron chi connectivity index (χ2n) is 5.21. The van der Waals surface area contributed by atoms with E-state index in [1.54, 1.807) is 0 Å². The summed E-state index contributed by atoms with van der Waals surface area (Å²) >= 11 is 0. The van der Waals surface area contributed by atoms with Crippen molar-refractivity contribution < 1.29 is 9.15 Å². The van der Waals surface area contributed by atoms with E-state index >= 15 is 0 Å². The lowest BCUT2D eigenvalue weighted by Gasteiger charge is -2.18. The van der Waals surface area contributed by atoms with Gasteiger partial charge in [-0.3, -0.25) is 0 Å². The van der Waals surface area contributed by atoms with Crippen LogP contribution in [0.1, 0.15) is 48.7 Å². The maximum atomic E-state index is 5.85. The first kappa shape index (κ1) is 13.1. The van der Waals surface area contributed by atoms with Crippen LogP contribution in [-0.4, -0.2) is 10.2 Å². The molecule has 3 rings (SSSR count). The molecule has 1 atom stereocenters. The summed E-state index contributed by atoms with van der Waals surface area (Å²) in [7, 11) is 0. The first-order valence-corrected chi connectivity index (χ1v) is 7.05. The SMILES string of the molecule is CC(N)c1nnc(COc2cccc3c2CCCC3)o1. The van der Waals surface area contributed by atoms with Crippen molar-refractivity contribution in [2.75, 3.05) is 0 Å². The lowest BCUT2D eigenvalue weighted by atomic mass is 9.91. The van der Waals surface area contributed by atoms with Gasteiger partial charge in [0, 0.05) is 0 Å². The van der Waals surface area contributed by atoms with E-state index < -0.39 is 0 Å². The Morgan fingerprint density at radius 1 is 1.30 bits per heavy atom. The van der Waals surface area contributed by atoms with Crippen LogP contribution in [0, 0.1) is 0 Å². The van der Waals surface area contributed by atoms with E-state index in [1.165, 1.54) is 24.0 Å². The predicted molar refractivity (Wildman–Crippen MR) is 74.3 cm³/mol. The number of hydrogen-bond donors (Lipinski definition) is 1. The number of nitrogens with zero attached hydrogens (tertiary/aromatic N) is 2. The van der Waals surface area contributed by atoms with Crippen LogP contribution in [0.5, 0.6) is 5.75 Å². The number of benzene rings is 1. The number of hydrogen-bond acceptors (Lipinski definition) is 5. The van der Waals surface area contributed by atoms with Gasteiger partial charge in [-0.1, -0.05) is 12.1 Å². The molecule has 2 N–H and O–H groups in total. The normalized spacial score (nSPS) is 15.7. The van der Waals surface area contributed by atoms with Crippen molar-refractivity contribution in [2.24, 2.45) is 5.73 Å². The van der Waals surface area contributed by atoms with Gasteiger partial charge in [-0.25, -0.2) is 0 Å². The lowest BCUT2D eigenvalue weighted by Crippen LogP contribution is -2.06. The first-order chi connectivity index (χ1) is 9.74. The number of ether oxygens (including phenoxy) is 1. The highest BCUT2D eigenvalue weighted by Crippen LogP contribution is 2.29. The molecular formula is C15H19N3O2. The van der Waals surface area contributed by atoms with Crippen LogP contribution >= 0.6 is 0 Å². The molecule has 0 aliphatic heterocycles. The average molecular weight is 273 g/mol. The van der Waals surface area contributed by atoms with Gasteiger partial charge in [0.05, 0.1) is 6.04 Å². The van der Waals surface area contributed by atoms with Gasteiger partial charge in [-0.05, 0) is 49.8 Å². The third-order valence-corrected chi connectivity index (χ3v) is 3.58. The molecule has 0 amide bonds. The van der Waals surface area contributed by atoms with Crippen LogP contribution in [0.3, 0.4) is 0 Å². The average Bonchev–Trinajstić information content (AvgIpc) is 2.94. The molecule has 106 valence electrons. The minimum atomic E-state index is -0.249. The van der Waals surface area contributed by atoms with Crippen LogP contribution in [0.15, 0.2) is 22.6 Å². The maximum Gasteiger partial charge on any atom is 0.253 e. The number of rotatable bonds is 4. The molecule has 0 saturated heterocycles. The molecule has 1 aromatic heterocycles. The molecule has 1 aliphatic rings. The standard InChI is InChI=1S/C15H19N3O2/c1-10(16)15-18-17-14(20-15)9-19-13-8-4-6-11-5-2-3-7-12(11)13/h4,6,8,10H,2-3,5,7,9,16H2,1H3. The number of nitrogens with two attached hydrogens (primary N) is 1. The minimum absolute atomic E-state index is 0.249. The summed E-state index contributed by atoms with van der Waals surface area (Å²) in [5, 5.41) is 7.84. The second kappa shape index (κ2) is 5.63. The Kier molecular flexibility index (Phi) is 3.69. The van der Waals surface area contributed by atoms with Crippen molar-refractivity contribution in [1.29, 1.82) is 0 Å². The molecular weight excluding hydrogens is 254 g/mol. The quantitative estimate of drug-likeness (QED) is 0.926. The number of aryl methyl sites for hydroxylation is 1. The molecule has 1 heterocycles. The van der Waals surface area contributed by atoms with Crippen LogP contribution in [-0.2, 0) is 19.4 Å². The van der Waals surface area contributed by atoms with Crippen molar-refractivity contribution >= 4 is 0 Å². The topological polar surface area (TPSA) is 74.2 Å². The summed E-state index contributed by atoms with van der Waals surface area (Å²) < 4.78 is 11.3. The van der Waals surface area contributed by atoms with Gasteiger partial charge in [-0.15, -0.1) is 10.2 Å². The molecule has 0 saturated carbocycles. The van der Waals surface area contributed by atoms with E-state index in [2.05, 4.69) is 16.3 Å². The van der Waals surface area contributed by atoms with Gasteiger partial charge in [0.15, 0.2) is 6.61 Å². The fraction of sp³-hybridized carbons (Fsp3) is 0.467. The van der Waals surface area contributed by atoms with Crippen molar-refractivity contribution in [1.82, 2.24) is 10.2 Å². The third kappa shape index (κ3) is 2.67. The zero-order valence-electron chi connectivity index (χ0n) is 11.6. The highest BCUT2D eigenvalue weighted by Gasteiger charge is 2.15. The summed E-state index contributed by atoms with van der Waals surface area (Å²) in [6.07, 6.45) is 4.71. The molecule has 0 bridgehead atoms.